The molecular formula is C8H8N2O3S. The van der Waals surface area contributed by atoms with Gasteiger partial charge >= 0.3 is 0 Å². The minimum atomic E-state index is -3.56. The van der Waals surface area contributed by atoms with Crippen LogP contribution in [0.5, 0.6) is 5.75 Å². The fraction of sp³-hybridized carbons (Fsp3) is 0.250. The molecule has 1 aliphatic rings. The Bertz CT molecular complexity index is 493. The molecule has 0 unspecified atom stereocenters. The molecule has 0 atom stereocenters. The summed E-state index contributed by atoms with van der Waals surface area (Å²) in [6.07, 6.45) is 0. The molecule has 1 aromatic rings. The van der Waals surface area contributed by atoms with E-state index in [2.05, 4.69) is 9.63 Å². The molecule has 14 heavy (non-hydrogen) atoms. The smallest absolute Gasteiger partial charge is 0.299 e. The van der Waals surface area contributed by atoms with Crippen molar-refractivity contribution in [2.45, 2.75) is 11.4 Å². The fourth-order valence-electron chi connectivity index (χ4n) is 1.28. The number of hydrogen-bond donors (Lipinski definition) is 0. The summed E-state index contributed by atoms with van der Waals surface area (Å²) < 4.78 is 30.9. The van der Waals surface area contributed by atoms with Gasteiger partial charge in [0.2, 0.25) is 0 Å². The molecule has 74 valence electrons. The molecule has 5 nitrogen and oxygen atoms in total. The number of sulfonamides is 1. The maximum absolute atomic E-state index is 11.4. The van der Waals surface area contributed by atoms with Crippen LogP contribution in [0.25, 0.3) is 0 Å². The zero-order chi connectivity index (χ0) is 10.2. The predicted octanol–water partition coefficient (Wildman–Crippen LogP) is 1.35. The largest absolute Gasteiger partial charge is 0.497 e. The van der Waals surface area contributed by atoms with Crippen LogP contribution in [0.3, 0.4) is 0 Å². The van der Waals surface area contributed by atoms with Gasteiger partial charge in [0.25, 0.3) is 10.0 Å². The van der Waals surface area contributed by atoms with Crippen LogP contribution >= 0.6 is 0 Å². The lowest BCUT2D eigenvalue weighted by Crippen LogP contribution is -2.05. The second-order valence-electron chi connectivity index (χ2n) is 2.83. The minimum Gasteiger partial charge on any atom is -0.497 e. The number of benzene rings is 1. The molecule has 0 fully saturated rings. The van der Waals surface area contributed by atoms with Crippen molar-refractivity contribution in [1.82, 2.24) is 0 Å². The summed E-state index contributed by atoms with van der Waals surface area (Å²) in [6, 6.07) is 4.74. The normalized spacial score (nSPS) is 17.5. The molecule has 1 aliphatic heterocycles. The van der Waals surface area contributed by atoms with Gasteiger partial charge in [0, 0.05) is 0 Å². The van der Waals surface area contributed by atoms with E-state index in [0.29, 0.717) is 11.3 Å². The van der Waals surface area contributed by atoms with Crippen LogP contribution in [0.2, 0.25) is 0 Å². The second kappa shape index (κ2) is 3.06. The monoisotopic (exact) mass is 212 g/mol. The first-order valence-corrected chi connectivity index (χ1v) is 5.38. The van der Waals surface area contributed by atoms with Crippen LogP contribution in [0.4, 0.5) is 0 Å². The van der Waals surface area contributed by atoms with Gasteiger partial charge in [0.15, 0.2) is 0 Å². The van der Waals surface area contributed by atoms with Gasteiger partial charge in [-0.15, -0.1) is 0 Å². The molecule has 1 aromatic carbocycles. The van der Waals surface area contributed by atoms with Crippen LogP contribution in [0.15, 0.2) is 32.7 Å². The van der Waals surface area contributed by atoms with Crippen LogP contribution < -0.4 is 4.74 Å². The summed E-state index contributed by atoms with van der Waals surface area (Å²) in [4.78, 5) is 0.216. The average molecular weight is 212 g/mol. The predicted molar refractivity (Wildman–Crippen MR) is 48.7 cm³/mol. The number of fused-ring (bicyclic) bond motifs is 1. The van der Waals surface area contributed by atoms with Gasteiger partial charge in [0.1, 0.15) is 5.75 Å². The molecule has 6 heteroatoms. The zero-order valence-corrected chi connectivity index (χ0v) is 8.28. The van der Waals surface area contributed by atoms with E-state index in [0.717, 1.165) is 0 Å². The van der Waals surface area contributed by atoms with Crippen molar-refractivity contribution in [3.63, 3.8) is 0 Å². The summed E-state index contributed by atoms with van der Waals surface area (Å²) in [7, 11) is -2.04. The summed E-state index contributed by atoms with van der Waals surface area (Å²) in [6.45, 7) is 0.283. The van der Waals surface area contributed by atoms with Gasteiger partial charge in [-0.1, -0.05) is 4.52 Å². The molecule has 0 N–H and O–H groups in total. The molecular weight excluding hydrogens is 204 g/mol. The van der Waals surface area contributed by atoms with Crippen molar-refractivity contribution in [3.05, 3.63) is 23.8 Å². The maximum Gasteiger partial charge on any atom is 0.299 e. The molecule has 0 aromatic heterocycles. The third kappa shape index (κ3) is 1.37. The molecule has 0 spiro atoms. The van der Waals surface area contributed by atoms with E-state index in [9.17, 15) is 8.42 Å². The van der Waals surface area contributed by atoms with E-state index in [1.165, 1.54) is 13.2 Å². The summed E-state index contributed by atoms with van der Waals surface area (Å²) in [5, 5.41) is 3.53. The maximum atomic E-state index is 11.4. The Morgan fingerprint density at radius 2 is 2.21 bits per heavy atom. The van der Waals surface area contributed by atoms with E-state index in [4.69, 9.17) is 4.74 Å². The van der Waals surface area contributed by atoms with Gasteiger partial charge in [-0.25, -0.2) is 0 Å². The molecule has 0 radical (unpaired) electrons. The van der Waals surface area contributed by atoms with E-state index in [-0.39, 0.29) is 11.4 Å². The number of methoxy groups -OCH3 is 1. The Labute approximate surface area is 81.5 Å². The number of ether oxygens (including phenoxy) is 1. The highest BCUT2D eigenvalue weighted by Gasteiger charge is 2.21. The Morgan fingerprint density at radius 3 is 2.93 bits per heavy atom. The van der Waals surface area contributed by atoms with Gasteiger partial charge in [0.05, 0.1) is 18.6 Å². The number of rotatable bonds is 1. The summed E-state index contributed by atoms with van der Waals surface area (Å²) in [5.74, 6) is 0.621. The van der Waals surface area contributed by atoms with Crippen molar-refractivity contribution < 1.29 is 13.2 Å². The first-order chi connectivity index (χ1) is 6.63. The molecule has 1 heterocycles. The summed E-state index contributed by atoms with van der Waals surface area (Å²) >= 11 is 0. The highest BCUT2D eigenvalue weighted by molar-refractivity contribution is 7.90. The lowest BCUT2D eigenvalue weighted by atomic mass is 10.2. The molecule has 0 bridgehead atoms. The molecule has 0 saturated carbocycles. The Balaban J connectivity index is 2.62. The SMILES string of the molecule is COc1ccc2c(c1)CN=NS2(=O)=O. The van der Waals surface area contributed by atoms with Gasteiger partial charge in [-0.3, -0.25) is 0 Å². The Hall–Kier alpha value is -1.43. The lowest BCUT2D eigenvalue weighted by Gasteiger charge is -2.10. The molecule has 0 amide bonds. The fourth-order valence-corrected chi connectivity index (χ4v) is 2.28. The third-order valence-electron chi connectivity index (χ3n) is 1.95. The van der Waals surface area contributed by atoms with Gasteiger partial charge in [-0.2, -0.15) is 13.5 Å². The third-order valence-corrected chi connectivity index (χ3v) is 3.24. The van der Waals surface area contributed by atoms with Crippen LogP contribution in [0, 0.1) is 0 Å². The summed E-state index contributed by atoms with van der Waals surface area (Å²) in [5.41, 5.74) is 0.624. The van der Waals surface area contributed by atoms with Crippen molar-refractivity contribution in [2.24, 2.45) is 9.63 Å². The van der Waals surface area contributed by atoms with E-state index >= 15 is 0 Å². The first-order valence-electron chi connectivity index (χ1n) is 3.94. The molecule has 2 rings (SSSR count). The Morgan fingerprint density at radius 1 is 1.43 bits per heavy atom. The van der Waals surface area contributed by atoms with Gasteiger partial charge < -0.3 is 4.74 Å². The lowest BCUT2D eigenvalue weighted by molar-refractivity contribution is 0.413. The highest BCUT2D eigenvalue weighted by atomic mass is 32.2. The molecule has 0 saturated heterocycles. The minimum absolute atomic E-state index is 0.216. The van der Waals surface area contributed by atoms with E-state index in [1.807, 2.05) is 0 Å². The van der Waals surface area contributed by atoms with Crippen molar-refractivity contribution >= 4 is 10.0 Å². The van der Waals surface area contributed by atoms with Crippen LogP contribution in [-0.2, 0) is 16.6 Å². The van der Waals surface area contributed by atoms with E-state index < -0.39 is 10.0 Å². The first kappa shape index (κ1) is 9.14. The zero-order valence-electron chi connectivity index (χ0n) is 7.47. The standard InChI is InChI=1S/C8H8N2O3S/c1-13-7-2-3-8-6(4-7)5-9-10-14(8,11)12/h2-4H,5H2,1H3. The number of hydrogen-bond acceptors (Lipinski definition) is 4. The average Bonchev–Trinajstić information content (AvgIpc) is 2.16. The second-order valence-corrected chi connectivity index (χ2v) is 4.38. The van der Waals surface area contributed by atoms with Gasteiger partial charge in [-0.05, 0) is 23.8 Å². The highest BCUT2D eigenvalue weighted by Crippen LogP contribution is 2.27. The number of nitrogens with zero attached hydrogens (tertiary/aromatic N) is 2. The van der Waals surface area contributed by atoms with Crippen molar-refractivity contribution in [1.29, 1.82) is 0 Å². The topological polar surface area (TPSA) is 68.1 Å². The Kier molecular flexibility index (Phi) is 1.99. The molecule has 0 aliphatic carbocycles. The van der Waals surface area contributed by atoms with Crippen molar-refractivity contribution in [2.75, 3.05) is 7.11 Å². The van der Waals surface area contributed by atoms with E-state index in [1.54, 1.807) is 12.1 Å². The van der Waals surface area contributed by atoms with Crippen LogP contribution in [0.1, 0.15) is 5.56 Å². The van der Waals surface area contributed by atoms with Crippen LogP contribution in [-0.4, -0.2) is 15.5 Å². The van der Waals surface area contributed by atoms with Crippen molar-refractivity contribution in [3.8, 4) is 5.75 Å². The quantitative estimate of drug-likeness (QED) is 0.705.